The number of amides is 1. The van der Waals surface area contributed by atoms with Crippen LogP contribution in [-0.2, 0) is 4.79 Å². The van der Waals surface area contributed by atoms with E-state index >= 15 is 0 Å². The van der Waals surface area contributed by atoms with Crippen LogP contribution in [0, 0.1) is 5.92 Å². The van der Waals surface area contributed by atoms with Crippen molar-refractivity contribution in [2.24, 2.45) is 10.9 Å². The summed E-state index contributed by atoms with van der Waals surface area (Å²) >= 11 is 0. The molecule has 1 amide bonds. The molecule has 0 saturated heterocycles. The van der Waals surface area contributed by atoms with Gasteiger partial charge in [0.15, 0.2) is 5.96 Å². The van der Waals surface area contributed by atoms with Gasteiger partial charge in [-0.15, -0.1) is 0 Å². The molecular formula is C13H28N4O. The van der Waals surface area contributed by atoms with Crippen molar-refractivity contribution in [3.8, 4) is 0 Å². The van der Waals surface area contributed by atoms with Crippen molar-refractivity contribution in [2.75, 3.05) is 26.2 Å². The minimum Gasteiger partial charge on any atom is -0.357 e. The lowest BCUT2D eigenvalue weighted by Gasteiger charge is -2.11. The summed E-state index contributed by atoms with van der Waals surface area (Å²) in [5, 5.41) is 9.08. The fourth-order valence-electron chi connectivity index (χ4n) is 1.46. The zero-order valence-electron chi connectivity index (χ0n) is 12.2. The number of likely N-dealkylation sites (N-methyl/N-ethyl adjacent to an activating group) is 1. The Kier molecular flexibility index (Phi) is 10.1. The lowest BCUT2D eigenvalue weighted by Crippen LogP contribution is -2.39. The average molecular weight is 256 g/mol. The molecule has 0 aromatic heterocycles. The van der Waals surface area contributed by atoms with Gasteiger partial charge in [0.2, 0.25) is 5.91 Å². The van der Waals surface area contributed by atoms with Gasteiger partial charge in [-0.25, -0.2) is 4.99 Å². The van der Waals surface area contributed by atoms with Gasteiger partial charge in [0, 0.05) is 19.6 Å². The van der Waals surface area contributed by atoms with Gasteiger partial charge >= 0.3 is 0 Å². The van der Waals surface area contributed by atoms with Crippen LogP contribution in [0.15, 0.2) is 4.99 Å². The molecule has 106 valence electrons. The van der Waals surface area contributed by atoms with Gasteiger partial charge in [-0.05, 0) is 32.6 Å². The van der Waals surface area contributed by atoms with Crippen molar-refractivity contribution in [1.82, 2.24) is 16.0 Å². The first kappa shape index (κ1) is 16.7. The van der Waals surface area contributed by atoms with Crippen molar-refractivity contribution in [2.45, 2.75) is 40.5 Å². The number of nitrogens with one attached hydrogen (secondary N) is 3. The minimum absolute atomic E-state index is 0.0446. The molecule has 0 aliphatic heterocycles. The summed E-state index contributed by atoms with van der Waals surface area (Å²) in [5.41, 5.74) is 0. The van der Waals surface area contributed by atoms with E-state index in [0.717, 1.165) is 25.4 Å². The molecule has 0 bridgehead atoms. The van der Waals surface area contributed by atoms with Crippen LogP contribution in [0.5, 0.6) is 0 Å². The van der Waals surface area contributed by atoms with E-state index in [9.17, 15) is 4.79 Å². The summed E-state index contributed by atoms with van der Waals surface area (Å²) in [7, 11) is 0. The largest absolute Gasteiger partial charge is 0.357 e. The van der Waals surface area contributed by atoms with Gasteiger partial charge in [0.1, 0.15) is 6.54 Å². The number of aliphatic imine (C=N–C) groups is 1. The summed E-state index contributed by atoms with van der Waals surface area (Å²) in [5.74, 6) is 1.39. The molecule has 5 heteroatoms. The Morgan fingerprint density at radius 1 is 1.11 bits per heavy atom. The predicted molar refractivity (Wildman–Crippen MR) is 76.7 cm³/mol. The van der Waals surface area contributed by atoms with E-state index in [-0.39, 0.29) is 12.5 Å². The second kappa shape index (κ2) is 10.9. The molecule has 0 radical (unpaired) electrons. The predicted octanol–water partition coefficient (Wildman–Crippen LogP) is 1.11. The molecule has 0 fully saturated rings. The number of hydrogen-bond acceptors (Lipinski definition) is 2. The van der Waals surface area contributed by atoms with Gasteiger partial charge in [-0.1, -0.05) is 13.8 Å². The van der Waals surface area contributed by atoms with Crippen molar-refractivity contribution < 1.29 is 4.79 Å². The third kappa shape index (κ3) is 9.93. The van der Waals surface area contributed by atoms with Gasteiger partial charge in [0.05, 0.1) is 0 Å². The molecule has 5 nitrogen and oxygen atoms in total. The third-order valence-corrected chi connectivity index (χ3v) is 2.35. The quantitative estimate of drug-likeness (QED) is 0.346. The molecule has 0 aliphatic carbocycles. The van der Waals surface area contributed by atoms with Gasteiger partial charge in [-0.2, -0.15) is 0 Å². The number of hydrogen-bond donors (Lipinski definition) is 3. The number of rotatable bonds is 8. The van der Waals surface area contributed by atoms with E-state index in [4.69, 9.17) is 0 Å². The Morgan fingerprint density at radius 2 is 1.78 bits per heavy atom. The first-order chi connectivity index (χ1) is 8.60. The molecule has 0 aliphatic rings. The van der Waals surface area contributed by atoms with E-state index in [1.54, 1.807) is 0 Å². The maximum atomic E-state index is 11.3. The fourth-order valence-corrected chi connectivity index (χ4v) is 1.46. The molecule has 0 atom stereocenters. The first-order valence-corrected chi connectivity index (χ1v) is 6.89. The monoisotopic (exact) mass is 256 g/mol. The van der Waals surface area contributed by atoms with Crippen LogP contribution in [0.2, 0.25) is 0 Å². The van der Waals surface area contributed by atoms with Gasteiger partial charge in [-0.3, -0.25) is 4.79 Å². The van der Waals surface area contributed by atoms with Crippen LogP contribution in [0.25, 0.3) is 0 Å². The molecule has 18 heavy (non-hydrogen) atoms. The molecule has 0 aromatic rings. The van der Waals surface area contributed by atoms with Crippen LogP contribution in [0.3, 0.4) is 0 Å². The summed E-state index contributed by atoms with van der Waals surface area (Å²) in [4.78, 5) is 15.5. The Balaban J connectivity index is 3.96. The van der Waals surface area contributed by atoms with E-state index in [1.165, 1.54) is 6.42 Å². The average Bonchev–Trinajstić information content (AvgIpc) is 2.31. The molecule has 0 aromatic carbocycles. The molecule has 0 rings (SSSR count). The molecule has 0 spiro atoms. The summed E-state index contributed by atoms with van der Waals surface area (Å²) in [6.45, 7) is 10.8. The zero-order valence-corrected chi connectivity index (χ0v) is 12.2. The van der Waals surface area contributed by atoms with Crippen molar-refractivity contribution in [1.29, 1.82) is 0 Å². The SMILES string of the molecule is CCNC(=O)CN=C(NCC)NCCCC(C)C. The second-order valence-corrected chi connectivity index (χ2v) is 4.61. The van der Waals surface area contributed by atoms with Gasteiger partial charge < -0.3 is 16.0 Å². The van der Waals surface area contributed by atoms with Crippen LogP contribution in [-0.4, -0.2) is 38.0 Å². The number of carbonyl (C=O) groups is 1. The molecule has 0 heterocycles. The highest BCUT2D eigenvalue weighted by Gasteiger charge is 2.00. The first-order valence-electron chi connectivity index (χ1n) is 6.89. The number of nitrogens with zero attached hydrogens (tertiary/aromatic N) is 1. The van der Waals surface area contributed by atoms with Crippen molar-refractivity contribution >= 4 is 11.9 Å². The lowest BCUT2D eigenvalue weighted by atomic mass is 10.1. The topological polar surface area (TPSA) is 65.5 Å². The van der Waals surface area contributed by atoms with Crippen molar-refractivity contribution in [3.63, 3.8) is 0 Å². The minimum atomic E-state index is -0.0446. The van der Waals surface area contributed by atoms with Crippen molar-refractivity contribution in [3.05, 3.63) is 0 Å². The number of guanidine groups is 1. The van der Waals surface area contributed by atoms with E-state index in [2.05, 4.69) is 34.8 Å². The molecular weight excluding hydrogens is 228 g/mol. The van der Waals surface area contributed by atoms with Gasteiger partial charge in [0.25, 0.3) is 0 Å². The molecule has 3 N–H and O–H groups in total. The molecule has 0 unspecified atom stereocenters. The maximum absolute atomic E-state index is 11.3. The lowest BCUT2D eigenvalue weighted by molar-refractivity contribution is -0.119. The van der Waals surface area contributed by atoms with Crippen LogP contribution in [0.4, 0.5) is 0 Å². The van der Waals surface area contributed by atoms with E-state index in [1.807, 2.05) is 13.8 Å². The summed E-state index contributed by atoms with van der Waals surface area (Å²) in [6.07, 6.45) is 2.31. The highest BCUT2D eigenvalue weighted by Crippen LogP contribution is 2.01. The third-order valence-electron chi connectivity index (χ3n) is 2.35. The Labute approximate surface area is 111 Å². The Hall–Kier alpha value is -1.26. The van der Waals surface area contributed by atoms with Crippen LogP contribution >= 0.6 is 0 Å². The molecule has 0 saturated carbocycles. The smallest absolute Gasteiger partial charge is 0.241 e. The summed E-state index contributed by atoms with van der Waals surface area (Å²) < 4.78 is 0. The second-order valence-electron chi connectivity index (χ2n) is 4.61. The standard InChI is InChI=1S/C13H28N4O/c1-5-14-12(18)10-17-13(15-6-2)16-9-7-8-11(3)4/h11H,5-10H2,1-4H3,(H,14,18)(H2,15,16,17). The van der Waals surface area contributed by atoms with E-state index < -0.39 is 0 Å². The number of carbonyl (C=O) groups excluding carboxylic acids is 1. The fraction of sp³-hybridized carbons (Fsp3) is 0.846. The Bertz CT molecular complexity index is 251. The highest BCUT2D eigenvalue weighted by atomic mass is 16.1. The van der Waals surface area contributed by atoms with Crippen LogP contribution < -0.4 is 16.0 Å². The zero-order chi connectivity index (χ0) is 13.8. The summed E-state index contributed by atoms with van der Waals surface area (Å²) in [6, 6.07) is 0. The normalized spacial score (nSPS) is 11.5. The van der Waals surface area contributed by atoms with E-state index in [0.29, 0.717) is 12.5 Å². The maximum Gasteiger partial charge on any atom is 0.241 e. The highest BCUT2D eigenvalue weighted by molar-refractivity contribution is 5.84. The Morgan fingerprint density at radius 3 is 2.33 bits per heavy atom. The van der Waals surface area contributed by atoms with Crippen LogP contribution in [0.1, 0.15) is 40.5 Å².